The standard InChI is InChI=1S/C13H9BrCl2N2O/c14-8-2-1-3-9(6-8)18-13(19)7-4-10(15)12(16)11(17)5-7/h1-6H,17H2,(H,18,19). The van der Waals surface area contributed by atoms with Crippen LogP contribution < -0.4 is 11.1 Å². The van der Waals surface area contributed by atoms with E-state index in [2.05, 4.69) is 21.2 Å². The predicted octanol–water partition coefficient (Wildman–Crippen LogP) is 4.59. The van der Waals surface area contributed by atoms with Gasteiger partial charge in [0, 0.05) is 15.7 Å². The molecule has 0 heterocycles. The first-order valence-electron chi connectivity index (χ1n) is 5.29. The summed E-state index contributed by atoms with van der Waals surface area (Å²) in [5, 5.41) is 3.25. The summed E-state index contributed by atoms with van der Waals surface area (Å²) in [6.07, 6.45) is 0. The normalized spacial score (nSPS) is 10.3. The number of hydrogen-bond donors (Lipinski definition) is 2. The Bertz CT molecular complexity index is 623. The summed E-state index contributed by atoms with van der Waals surface area (Å²) in [6.45, 7) is 0. The van der Waals surface area contributed by atoms with Crippen LogP contribution in [0.2, 0.25) is 10.0 Å². The molecule has 0 radical (unpaired) electrons. The summed E-state index contributed by atoms with van der Waals surface area (Å²) in [4.78, 5) is 12.1. The Hall–Kier alpha value is -1.23. The van der Waals surface area contributed by atoms with E-state index in [1.807, 2.05) is 12.1 Å². The molecule has 0 bridgehead atoms. The molecule has 1 amide bonds. The highest BCUT2D eigenvalue weighted by Crippen LogP contribution is 2.29. The molecule has 0 saturated carbocycles. The van der Waals surface area contributed by atoms with Crippen LogP contribution in [0.1, 0.15) is 10.4 Å². The first kappa shape index (κ1) is 14.2. The molecule has 0 fully saturated rings. The Morgan fingerprint density at radius 3 is 2.58 bits per heavy atom. The second-order valence-electron chi connectivity index (χ2n) is 3.83. The van der Waals surface area contributed by atoms with Crippen molar-refractivity contribution in [1.29, 1.82) is 0 Å². The Balaban J connectivity index is 2.25. The molecule has 0 spiro atoms. The van der Waals surface area contributed by atoms with Crippen LogP contribution in [-0.2, 0) is 0 Å². The molecule has 2 aromatic carbocycles. The summed E-state index contributed by atoms with van der Waals surface area (Å²) in [5.74, 6) is -0.302. The molecule has 0 aliphatic heterocycles. The van der Waals surface area contributed by atoms with Gasteiger partial charge < -0.3 is 11.1 Å². The lowest BCUT2D eigenvalue weighted by Gasteiger charge is -2.08. The van der Waals surface area contributed by atoms with Gasteiger partial charge in [0.1, 0.15) is 0 Å². The van der Waals surface area contributed by atoms with Crippen molar-refractivity contribution in [2.45, 2.75) is 0 Å². The van der Waals surface area contributed by atoms with Crippen LogP contribution >= 0.6 is 39.1 Å². The van der Waals surface area contributed by atoms with Crippen molar-refractivity contribution in [3.05, 3.63) is 56.5 Å². The van der Waals surface area contributed by atoms with Crippen LogP contribution in [0.25, 0.3) is 0 Å². The number of nitrogens with two attached hydrogens (primary N) is 1. The monoisotopic (exact) mass is 358 g/mol. The second-order valence-corrected chi connectivity index (χ2v) is 5.53. The summed E-state index contributed by atoms with van der Waals surface area (Å²) >= 11 is 15.1. The minimum absolute atomic E-state index is 0.251. The maximum absolute atomic E-state index is 12.1. The number of rotatable bonds is 2. The number of anilines is 2. The predicted molar refractivity (Wildman–Crippen MR) is 83.0 cm³/mol. The zero-order valence-corrected chi connectivity index (χ0v) is 12.7. The first-order chi connectivity index (χ1) is 8.97. The highest BCUT2D eigenvalue weighted by Gasteiger charge is 2.11. The van der Waals surface area contributed by atoms with Crippen LogP contribution in [0.4, 0.5) is 11.4 Å². The topological polar surface area (TPSA) is 55.1 Å². The maximum atomic E-state index is 12.1. The number of hydrogen-bond acceptors (Lipinski definition) is 2. The first-order valence-corrected chi connectivity index (χ1v) is 6.83. The molecule has 0 atom stereocenters. The molecule has 0 aliphatic carbocycles. The molecule has 2 aromatic rings. The lowest BCUT2D eigenvalue weighted by molar-refractivity contribution is 0.102. The Morgan fingerprint density at radius 2 is 1.95 bits per heavy atom. The van der Waals surface area contributed by atoms with Crippen molar-refractivity contribution in [2.75, 3.05) is 11.1 Å². The largest absolute Gasteiger partial charge is 0.397 e. The molecule has 19 heavy (non-hydrogen) atoms. The number of carbonyl (C=O) groups is 1. The lowest BCUT2D eigenvalue weighted by atomic mass is 10.2. The Kier molecular flexibility index (Phi) is 4.34. The van der Waals surface area contributed by atoms with Gasteiger partial charge in [-0.3, -0.25) is 4.79 Å². The molecular weight excluding hydrogens is 351 g/mol. The molecule has 0 unspecified atom stereocenters. The lowest BCUT2D eigenvalue weighted by Crippen LogP contribution is -2.12. The quantitative estimate of drug-likeness (QED) is 0.770. The van der Waals surface area contributed by atoms with E-state index in [0.29, 0.717) is 11.3 Å². The molecule has 3 nitrogen and oxygen atoms in total. The van der Waals surface area contributed by atoms with Crippen molar-refractivity contribution in [3.63, 3.8) is 0 Å². The Labute approximate surface area is 128 Å². The van der Waals surface area contributed by atoms with Crippen molar-refractivity contribution in [2.24, 2.45) is 0 Å². The van der Waals surface area contributed by atoms with Gasteiger partial charge in [-0.15, -0.1) is 0 Å². The fourth-order valence-electron chi connectivity index (χ4n) is 1.51. The van der Waals surface area contributed by atoms with Crippen LogP contribution in [0, 0.1) is 0 Å². The summed E-state index contributed by atoms with van der Waals surface area (Å²) < 4.78 is 0.874. The van der Waals surface area contributed by atoms with Gasteiger partial charge in [-0.25, -0.2) is 0 Å². The zero-order valence-electron chi connectivity index (χ0n) is 9.58. The molecule has 0 saturated heterocycles. The average Bonchev–Trinajstić information content (AvgIpc) is 2.35. The summed E-state index contributed by atoms with van der Waals surface area (Å²) in [7, 11) is 0. The minimum Gasteiger partial charge on any atom is -0.397 e. The highest BCUT2D eigenvalue weighted by molar-refractivity contribution is 9.10. The third-order valence-corrected chi connectivity index (χ3v) is 3.71. The molecule has 3 N–H and O–H groups in total. The van der Waals surface area contributed by atoms with Crippen LogP contribution in [0.15, 0.2) is 40.9 Å². The van der Waals surface area contributed by atoms with Crippen LogP contribution in [0.5, 0.6) is 0 Å². The van der Waals surface area contributed by atoms with Crippen LogP contribution in [0.3, 0.4) is 0 Å². The van der Waals surface area contributed by atoms with Gasteiger partial charge in [0.25, 0.3) is 5.91 Å². The third kappa shape index (κ3) is 3.41. The second kappa shape index (κ2) is 5.82. The number of nitrogen functional groups attached to an aromatic ring is 1. The van der Waals surface area contributed by atoms with Gasteiger partial charge in [-0.2, -0.15) is 0 Å². The van der Waals surface area contributed by atoms with Gasteiger partial charge >= 0.3 is 0 Å². The van der Waals surface area contributed by atoms with Gasteiger partial charge in [0.05, 0.1) is 15.7 Å². The van der Waals surface area contributed by atoms with E-state index >= 15 is 0 Å². The summed E-state index contributed by atoms with van der Waals surface area (Å²) in [6, 6.07) is 10.2. The number of halogens is 3. The van der Waals surface area contributed by atoms with Crippen molar-refractivity contribution in [1.82, 2.24) is 0 Å². The van der Waals surface area contributed by atoms with Crippen LogP contribution in [-0.4, -0.2) is 5.91 Å². The van der Waals surface area contributed by atoms with Crippen molar-refractivity contribution >= 4 is 56.4 Å². The average molecular weight is 360 g/mol. The fraction of sp³-hybridized carbons (Fsp3) is 0. The number of amides is 1. The van der Waals surface area contributed by atoms with Gasteiger partial charge in [0.15, 0.2) is 0 Å². The van der Waals surface area contributed by atoms with Crippen molar-refractivity contribution < 1.29 is 4.79 Å². The van der Waals surface area contributed by atoms with E-state index in [1.54, 1.807) is 12.1 Å². The molecule has 98 valence electrons. The SMILES string of the molecule is Nc1cc(C(=O)Nc2cccc(Br)c2)cc(Cl)c1Cl. The molecule has 2 rings (SSSR count). The van der Waals surface area contributed by atoms with E-state index in [9.17, 15) is 4.79 Å². The fourth-order valence-corrected chi connectivity index (χ4v) is 2.25. The smallest absolute Gasteiger partial charge is 0.255 e. The molecule has 0 aromatic heterocycles. The highest BCUT2D eigenvalue weighted by atomic mass is 79.9. The van der Waals surface area contributed by atoms with Crippen molar-refractivity contribution in [3.8, 4) is 0 Å². The number of benzene rings is 2. The maximum Gasteiger partial charge on any atom is 0.255 e. The van der Waals surface area contributed by atoms with E-state index in [-0.39, 0.29) is 21.6 Å². The van der Waals surface area contributed by atoms with Gasteiger partial charge in [0.2, 0.25) is 0 Å². The Morgan fingerprint density at radius 1 is 1.21 bits per heavy atom. The zero-order chi connectivity index (χ0) is 14.0. The number of nitrogens with one attached hydrogen (secondary N) is 1. The van der Waals surface area contributed by atoms with E-state index in [4.69, 9.17) is 28.9 Å². The molecule has 0 aliphatic rings. The minimum atomic E-state index is -0.302. The van der Waals surface area contributed by atoms with Gasteiger partial charge in [-0.05, 0) is 30.3 Å². The summed E-state index contributed by atoms with van der Waals surface area (Å²) in [5.41, 5.74) is 6.97. The molecule has 6 heteroatoms. The third-order valence-electron chi connectivity index (χ3n) is 2.40. The van der Waals surface area contributed by atoms with E-state index in [1.165, 1.54) is 12.1 Å². The van der Waals surface area contributed by atoms with Gasteiger partial charge in [-0.1, -0.05) is 45.2 Å². The van der Waals surface area contributed by atoms with E-state index in [0.717, 1.165) is 4.47 Å². The number of carbonyl (C=O) groups excluding carboxylic acids is 1. The van der Waals surface area contributed by atoms with E-state index < -0.39 is 0 Å². The molecular formula is C13H9BrCl2N2O.